The van der Waals surface area contributed by atoms with E-state index in [1.165, 1.54) is 5.52 Å². The lowest BCUT2D eigenvalue weighted by Gasteiger charge is -2.08. The maximum absolute atomic E-state index is 4.11. The van der Waals surface area contributed by atoms with E-state index in [-0.39, 0.29) is 0 Å². The summed E-state index contributed by atoms with van der Waals surface area (Å²) in [5.41, 5.74) is 3.11. The third kappa shape index (κ3) is 1.30. The molecule has 3 nitrogen and oxygen atoms in total. The Morgan fingerprint density at radius 2 is 2.08 bits per heavy atom. The van der Waals surface area contributed by atoms with Gasteiger partial charge in [0.1, 0.15) is 5.52 Å². The molecule has 0 amide bonds. The van der Waals surface area contributed by atoms with Crippen molar-refractivity contribution in [1.29, 1.82) is 0 Å². The van der Waals surface area contributed by atoms with Crippen LogP contribution < -0.4 is 0 Å². The summed E-state index contributed by atoms with van der Waals surface area (Å²) in [5.74, 6) is 0. The topological polar surface area (TPSA) is 30.7 Å². The highest BCUT2D eigenvalue weighted by atomic mass is 15.1. The van der Waals surface area contributed by atoms with E-state index in [9.17, 15) is 0 Å². The van der Waals surface area contributed by atoms with Crippen molar-refractivity contribution in [2.75, 3.05) is 0 Å². The average Bonchev–Trinajstić information content (AvgIpc) is 2.46. The van der Waals surface area contributed by atoms with E-state index in [2.05, 4.69) is 40.9 Å². The summed E-state index contributed by atoms with van der Waals surface area (Å²) >= 11 is 0. The van der Waals surface area contributed by atoms with Crippen molar-refractivity contribution < 1.29 is 0 Å². The van der Waals surface area contributed by atoms with E-state index >= 15 is 0 Å². The molecule has 0 spiro atoms. The molecule has 0 fully saturated rings. The van der Waals surface area contributed by atoms with Crippen LogP contribution in [0.1, 0.15) is 25.6 Å². The third-order valence-corrected chi connectivity index (χ3v) is 2.15. The molecule has 0 saturated heterocycles. The highest BCUT2D eigenvalue weighted by Crippen LogP contribution is 2.17. The Labute approximate surface area is 77.4 Å². The standard InChI is InChI=1S/C10H13N3/c1-7(2)13-5-4-9-10(13)6-8(3)11-12-9/h4-7H,1-3H3. The first-order chi connectivity index (χ1) is 6.18. The van der Waals surface area contributed by atoms with E-state index in [0.29, 0.717) is 6.04 Å². The Balaban J connectivity index is 2.71. The number of nitrogens with zero attached hydrogens (tertiary/aromatic N) is 3. The summed E-state index contributed by atoms with van der Waals surface area (Å²) in [6.07, 6.45) is 2.06. The van der Waals surface area contributed by atoms with Gasteiger partial charge in [-0.15, -0.1) is 5.10 Å². The number of rotatable bonds is 1. The van der Waals surface area contributed by atoms with Crippen LogP contribution in [0.4, 0.5) is 0 Å². The van der Waals surface area contributed by atoms with Crippen molar-refractivity contribution in [3.05, 3.63) is 24.0 Å². The van der Waals surface area contributed by atoms with Crippen molar-refractivity contribution in [2.24, 2.45) is 0 Å². The highest BCUT2D eigenvalue weighted by molar-refractivity contribution is 5.75. The molecular weight excluding hydrogens is 162 g/mol. The van der Waals surface area contributed by atoms with Crippen LogP contribution in [0.3, 0.4) is 0 Å². The van der Waals surface area contributed by atoms with Gasteiger partial charge in [0, 0.05) is 12.2 Å². The van der Waals surface area contributed by atoms with Gasteiger partial charge in [-0.25, -0.2) is 0 Å². The van der Waals surface area contributed by atoms with Gasteiger partial charge in [0.05, 0.1) is 11.2 Å². The first kappa shape index (κ1) is 8.23. The predicted octanol–water partition coefficient (Wildman–Crippen LogP) is 2.32. The normalized spacial score (nSPS) is 11.4. The Hall–Kier alpha value is -1.38. The zero-order chi connectivity index (χ0) is 9.42. The second-order valence-corrected chi connectivity index (χ2v) is 3.57. The van der Waals surface area contributed by atoms with E-state index < -0.39 is 0 Å². The van der Waals surface area contributed by atoms with Crippen LogP contribution in [0, 0.1) is 6.92 Å². The summed E-state index contributed by atoms with van der Waals surface area (Å²) < 4.78 is 2.21. The molecule has 3 heteroatoms. The van der Waals surface area contributed by atoms with Crippen LogP contribution in [0.25, 0.3) is 11.0 Å². The van der Waals surface area contributed by atoms with Gasteiger partial charge in [-0.05, 0) is 32.9 Å². The molecule has 0 saturated carbocycles. The molecule has 2 aromatic rings. The monoisotopic (exact) mass is 175 g/mol. The van der Waals surface area contributed by atoms with E-state index in [1.54, 1.807) is 0 Å². The predicted molar refractivity (Wildman–Crippen MR) is 52.7 cm³/mol. The molecule has 2 rings (SSSR count). The van der Waals surface area contributed by atoms with Crippen molar-refractivity contribution in [3.63, 3.8) is 0 Å². The second kappa shape index (κ2) is 2.83. The third-order valence-electron chi connectivity index (χ3n) is 2.15. The molecule has 13 heavy (non-hydrogen) atoms. The molecule has 0 atom stereocenters. The molecule has 0 aliphatic heterocycles. The number of hydrogen-bond acceptors (Lipinski definition) is 2. The molecule has 0 aliphatic carbocycles. The largest absolute Gasteiger partial charge is 0.344 e. The van der Waals surface area contributed by atoms with E-state index in [4.69, 9.17) is 0 Å². The Bertz CT molecular complexity index is 429. The van der Waals surface area contributed by atoms with Crippen LogP contribution in [0.15, 0.2) is 18.3 Å². The molecule has 0 aliphatic rings. The van der Waals surface area contributed by atoms with Crippen molar-refractivity contribution in [3.8, 4) is 0 Å². The fourth-order valence-electron chi connectivity index (χ4n) is 1.49. The van der Waals surface area contributed by atoms with Crippen molar-refractivity contribution in [1.82, 2.24) is 14.8 Å². The maximum atomic E-state index is 4.11. The lowest BCUT2D eigenvalue weighted by Crippen LogP contribution is -1.99. The summed E-state index contributed by atoms with van der Waals surface area (Å²) in [5, 5.41) is 8.13. The molecule has 0 aromatic carbocycles. The van der Waals surface area contributed by atoms with Crippen LogP contribution >= 0.6 is 0 Å². The number of aryl methyl sites for hydroxylation is 1. The Kier molecular flexibility index (Phi) is 1.79. The van der Waals surface area contributed by atoms with Crippen LogP contribution in [0.2, 0.25) is 0 Å². The number of fused-ring (bicyclic) bond motifs is 1. The zero-order valence-electron chi connectivity index (χ0n) is 8.15. The quantitative estimate of drug-likeness (QED) is 0.666. The van der Waals surface area contributed by atoms with E-state index in [0.717, 1.165) is 11.2 Å². The molecular formula is C10H13N3. The summed E-state index contributed by atoms with van der Waals surface area (Å²) in [4.78, 5) is 0. The van der Waals surface area contributed by atoms with Crippen molar-refractivity contribution in [2.45, 2.75) is 26.8 Å². The van der Waals surface area contributed by atoms with Gasteiger partial charge in [0.15, 0.2) is 0 Å². The molecule has 2 heterocycles. The summed E-state index contributed by atoms with van der Waals surface area (Å²) in [6, 6.07) is 4.55. The first-order valence-electron chi connectivity index (χ1n) is 4.49. The SMILES string of the molecule is Cc1cc2c(ccn2C(C)C)nn1. The number of hydrogen-bond donors (Lipinski definition) is 0. The second-order valence-electron chi connectivity index (χ2n) is 3.57. The maximum Gasteiger partial charge on any atom is 0.111 e. The zero-order valence-corrected chi connectivity index (χ0v) is 8.15. The molecule has 68 valence electrons. The average molecular weight is 175 g/mol. The molecule has 2 aromatic heterocycles. The van der Waals surface area contributed by atoms with Crippen molar-refractivity contribution >= 4 is 11.0 Å². The summed E-state index contributed by atoms with van der Waals surface area (Å²) in [6.45, 7) is 6.29. The van der Waals surface area contributed by atoms with Gasteiger partial charge in [-0.3, -0.25) is 0 Å². The fraction of sp³-hybridized carbons (Fsp3) is 0.400. The summed E-state index contributed by atoms with van der Waals surface area (Å²) in [7, 11) is 0. The lowest BCUT2D eigenvalue weighted by atomic mass is 10.3. The van der Waals surface area contributed by atoms with Gasteiger partial charge >= 0.3 is 0 Å². The van der Waals surface area contributed by atoms with E-state index in [1.807, 2.05) is 13.0 Å². The minimum absolute atomic E-state index is 0.473. The fourth-order valence-corrected chi connectivity index (χ4v) is 1.49. The van der Waals surface area contributed by atoms with Gasteiger partial charge in [-0.1, -0.05) is 0 Å². The Morgan fingerprint density at radius 1 is 1.31 bits per heavy atom. The van der Waals surface area contributed by atoms with Gasteiger partial charge in [0.25, 0.3) is 0 Å². The van der Waals surface area contributed by atoms with Crippen LogP contribution in [-0.4, -0.2) is 14.8 Å². The highest BCUT2D eigenvalue weighted by Gasteiger charge is 2.04. The first-order valence-corrected chi connectivity index (χ1v) is 4.49. The smallest absolute Gasteiger partial charge is 0.111 e. The number of aromatic nitrogens is 3. The molecule has 0 unspecified atom stereocenters. The molecule has 0 N–H and O–H groups in total. The Morgan fingerprint density at radius 3 is 2.77 bits per heavy atom. The van der Waals surface area contributed by atoms with Crippen LogP contribution in [0.5, 0.6) is 0 Å². The molecule has 0 radical (unpaired) electrons. The van der Waals surface area contributed by atoms with Crippen LogP contribution in [-0.2, 0) is 0 Å². The lowest BCUT2D eigenvalue weighted by molar-refractivity contribution is 0.622. The molecule has 0 bridgehead atoms. The van der Waals surface area contributed by atoms with Gasteiger partial charge in [-0.2, -0.15) is 5.10 Å². The minimum atomic E-state index is 0.473. The van der Waals surface area contributed by atoms with Gasteiger partial charge in [0.2, 0.25) is 0 Å². The minimum Gasteiger partial charge on any atom is -0.344 e. The van der Waals surface area contributed by atoms with Gasteiger partial charge < -0.3 is 4.57 Å².